The van der Waals surface area contributed by atoms with Crippen molar-refractivity contribution in [3.05, 3.63) is 27.2 Å². The van der Waals surface area contributed by atoms with Gasteiger partial charge < -0.3 is 5.32 Å². The third kappa shape index (κ3) is 2.72. The number of aromatic nitrogens is 2. The first kappa shape index (κ1) is 13.5. The summed E-state index contributed by atoms with van der Waals surface area (Å²) in [5.74, 6) is 1.77. The molecule has 0 spiro atoms. The van der Waals surface area contributed by atoms with Gasteiger partial charge in [0.25, 0.3) is 0 Å². The molecular weight excluding hydrogens is 310 g/mol. The molecule has 5 heteroatoms. The third-order valence-corrected chi connectivity index (χ3v) is 4.39. The minimum Gasteiger partial charge on any atom is -0.370 e. The van der Waals surface area contributed by atoms with Crippen LogP contribution in [0.25, 0.3) is 10.7 Å². The molecule has 0 aliphatic heterocycles. The highest BCUT2D eigenvalue weighted by atomic mass is 79.9. The maximum Gasteiger partial charge on any atom is 0.171 e. The van der Waals surface area contributed by atoms with Crippen LogP contribution in [0.5, 0.6) is 0 Å². The summed E-state index contributed by atoms with van der Waals surface area (Å²) in [5, 5.41) is 5.38. The molecule has 0 fully saturated rings. The van der Waals surface area contributed by atoms with Crippen LogP contribution in [0.4, 0.5) is 5.82 Å². The predicted molar refractivity (Wildman–Crippen MR) is 81.3 cm³/mol. The van der Waals surface area contributed by atoms with E-state index in [0.717, 1.165) is 39.7 Å². The van der Waals surface area contributed by atoms with Crippen molar-refractivity contribution in [1.82, 2.24) is 9.97 Å². The van der Waals surface area contributed by atoms with Gasteiger partial charge in [0.2, 0.25) is 0 Å². The minimum atomic E-state index is 0.802. The molecule has 0 saturated carbocycles. The standard InChI is InChI=1S/C13H16BrN3S/c1-4-10-8(3)16-13(17-12(10)15-5-2)11-6-9(14)7-18-11/h6-7H,4-5H2,1-3H3,(H,15,16,17). The topological polar surface area (TPSA) is 37.8 Å². The number of hydrogen-bond acceptors (Lipinski definition) is 4. The summed E-state index contributed by atoms with van der Waals surface area (Å²) < 4.78 is 1.08. The second-order valence-electron chi connectivity index (χ2n) is 3.97. The van der Waals surface area contributed by atoms with Gasteiger partial charge in [-0.05, 0) is 42.3 Å². The van der Waals surface area contributed by atoms with Crippen LogP contribution in [-0.2, 0) is 6.42 Å². The van der Waals surface area contributed by atoms with Crippen LogP contribution in [0.1, 0.15) is 25.1 Å². The van der Waals surface area contributed by atoms with Crippen molar-refractivity contribution in [2.45, 2.75) is 27.2 Å². The fraction of sp³-hybridized carbons (Fsp3) is 0.385. The van der Waals surface area contributed by atoms with E-state index in [1.807, 2.05) is 6.92 Å². The lowest BCUT2D eigenvalue weighted by molar-refractivity contribution is 0.991. The largest absolute Gasteiger partial charge is 0.370 e. The van der Waals surface area contributed by atoms with Gasteiger partial charge in [0.05, 0.1) is 4.88 Å². The summed E-state index contributed by atoms with van der Waals surface area (Å²) in [6.07, 6.45) is 0.947. The van der Waals surface area contributed by atoms with Crippen LogP contribution in [-0.4, -0.2) is 16.5 Å². The molecule has 0 atom stereocenters. The van der Waals surface area contributed by atoms with Crippen molar-refractivity contribution in [3.8, 4) is 10.7 Å². The third-order valence-electron chi connectivity index (χ3n) is 2.70. The molecule has 3 nitrogen and oxygen atoms in total. The second-order valence-corrected chi connectivity index (χ2v) is 5.80. The van der Waals surface area contributed by atoms with E-state index in [4.69, 9.17) is 0 Å². The molecule has 18 heavy (non-hydrogen) atoms. The van der Waals surface area contributed by atoms with Gasteiger partial charge in [-0.3, -0.25) is 0 Å². The summed E-state index contributed by atoms with van der Waals surface area (Å²) in [6, 6.07) is 2.06. The summed E-state index contributed by atoms with van der Waals surface area (Å²) >= 11 is 5.12. The molecule has 2 aromatic rings. The lowest BCUT2D eigenvalue weighted by Crippen LogP contribution is -2.07. The Balaban J connectivity index is 2.50. The van der Waals surface area contributed by atoms with Crippen LogP contribution in [0.3, 0.4) is 0 Å². The van der Waals surface area contributed by atoms with Crippen LogP contribution in [0.15, 0.2) is 15.9 Å². The maximum absolute atomic E-state index is 4.65. The van der Waals surface area contributed by atoms with Crippen molar-refractivity contribution < 1.29 is 0 Å². The van der Waals surface area contributed by atoms with Crippen molar-refractivity contribution in [2.75, 3.05) is 11.9 Å². The molecular formula is C13H16BrN3S. The van der Waals surface area contributed by atoms with Gasteiger partial charge in [-0.15, -0.1) is 11.3 Å². The Morgan fingerprint density at radius 1 is 1.33 bits per heavy atom. The molecule has 1 N–H and O–H groups in total. The molecule has 2 aromatic heterocycles. The van der Waals surface area contributed by atoms with Gasteiger partial charge in [0, 0.05) is 27.7 Å². The maximum atomic E-state index is 4.65. The number of halogens is 1. The van der Waals surface area contributed by atoms with Crippen molar-refractivity contribution >= 4 is 33.1 Å². The first-order chi connectivity index (χ1) is 8.65. The molecule has 0 aromatic carbocycles. The van der Waals surface area contributed by atoms with Crippen LogP contribution >= 0.6 is 27.3 Å². The molecule has 0 amide bonds. The normalized spacial score (nSPS) is 10.7. The van der Waals surface area contributed by atoms with Crippen molar-refractivity contribution in [1.29, 1.82) is 0 Å². The van der Waals surface area contributed by atoms with Crippen LogP contribution in [0, 0.1) is 6.92 Å². The predicted octanol–water partition coefficient (Wildman–Crippen LogP) is 4.27. The van der Waals surface area contributed by atoms with Gasteiger partial charge in [-0.25, -0.2) is 9.97 Å². The number of hydrogen-bond donors (Lipinski definition) is 1. The number of thiophene rings is 1. The number of rotatable bonds is 4. The summed E-state index contributed by atoms with van der Waals surface area (Å²) in [7, 11) is 0. The van der Waals surface area contributed by atoms with E-state index in [0.29, 0.717) is 0 Å². The van der Waals surface area contributed by atoms with Gasteiger partial charge in [0.1, 0.15) is 5.82 Å². The van der Waals surface area contributed by atoms with Crippen LogP contribution < -0.4 is 5.32 Å². The molecule has 2 rings (SSSR count). The lowest BCUT2D eigenvalue weighted by atomic mass is 10.1. The highest BCUT2D eigenvalue weighted by Crippen LogP contribution is 2.29. The van der Waals surface area contributed by atoms with Gasteiger partial charge >= 0.3 is 0 Å². The highest BCUT2D eigenvalue weighted by Gasteiger charge is 2.12. The fourth-order valence-corrected chi connectivity index (χ4v) is 3.23. The van der Waals surface area contributed by atoms with E-state index in [9.17, 15) is 0 Å². The Morgan fingerprint density at radius 2 is 2.11 bits per heavy atom. The van der Waals surface area contributed by atoms with Gasteiger partial charge in [0.15, 0.2) is 5.82 Å². The number of nitrogens with one attached hydrogen (secondary N) is 1. The van der Waals surface area contributed by atoms with E-state index in [-0.39, 0.29) is 0 Å². The Labute approximate surface area is 120 Å². The van der Waals surface area contributed by atoms with E-state index in [2.05, 4.69) is 56.5 Å². The zero-order valence-electron chi connectivity index (χ0n) is 10.7. The number of anilines is 1. The molecule has 0 aliphatic rings. The average molecular weight is 326 g/mol. The van der Waals surface area contributed by atoms with E-state index in [1.54, 1.807) is 11.3 Å². The van der Waals surface area contributed by atoms with Gasteiger partial charge in [-0.1, -0.05) is 6.92 Å². The molecule has 0 saturated heterocycles. The van der Waals surface area contributed by atoms with Crippen molar-refractivity contribution in [2.24, 2.45) is 0 Å². The Bertz CT molecular complexity index is 551. The number of nitrogens with zero attached hydrogens (tertiary/aromatic N) is 2. The molecule has 2 heterocycles. The van der Waals surface area contributed by atoms with E-state index < -0.39 is 0 Å². The van der Waals surface area contributed by atoms with E-state index >= 15 is 0 Å². The molecule has 0 radical (unpaired) electrons. The fourth-order valence-electron chi connectivity index (χ4n) is 1.87. The monoisotopic (exact) mass is 325 g/mol. The quantitative estimate of drug-likeness (QED) is 0.912. The zero-order valence-corrected chi connectivity index (χ0v) is 13.2. The molecule has 0 unspecified atom stereocenters. The molecule has 0 bridgehead atoms. The Kier molecular flexibility index (Phi) is 4.35. The highest BCUT2D eigenvalue weighted by molar-refractivity contribution is 9.10. The average Bonchev–Trinajstić information content (AvgIpc) is 2.76. The Morgan fingerprint density at radius 3 is 2.67 bits per heavy atom. The SMILES string of the molecule is CCNc1nc(-c2cc(Br)cs2)nc(C)c1CC. The smallest absolute Gasteiger partial charge is 0.171 e. The first-order valence-electron chi connectivity index (χ1n) is 6.01. The van der Waals surface area contributed by atoms with Crippen molar-refractivity contribution in [3.63, 3.8) is 0 Å². The summed E-state index contributed by atoms with van der Waals surface area (Å²) in [6.45, 7) is 7.14. The zero-order chi connectivity index (χ0) is 13.1. The molecule has 96 valence electrons. The van der Waals surface area contributed by atoms with Crippen LogP contribution in [0.2, 0.25) is 0 Å². The lowest BCUT2D eigenvalue weighted by Gasteiger charge is -2.12. The summed E-state index contributed by atoms with van der Waals surface area (Å²) in [4.78, 5) is 10.3. The first-order valence-corrected chi connectivity index (χ1v) is 7.68. The number of aryl methyl sites for hydroxylation is 1. The van der Waals surface area contributed by atoms with Gasteiger partial charge in [-0.2, -0.15) is 0 Å². The summed E-state index contributed by atoms with van der Waals surface area (Å²) in [5.41, 5.74) is 2.26. The van der Waals surface area contributed by atoms with E-state index in [1.165, 1.54) is 5.56 Å². The Hall–Kier alpha value is -0.940. The molecule has 0 aliphatic carbocycles. The minimum absolute atomic E-state index is 0.802. The second kappa shape index (κ2) is 5.80.